The van der Waals surface area contributed by atoms with Crippen LogP contribution in [-0.2, 0) is 13.0 Å². The first-order valence-electron chi connectivity index (χ1n) is 6.91. The zero-order chi connectivity index (χ0) is 15.6. The van der Waals surface area contributed by atoms with Gasteiger partial charge in [-0.15, -0.1) is 0 Å². The average Bonchev–Trinajstić information content (AvgIpc) is 2.75. The molecule has 1 atom stereocenters. The van der Waals surface area contributed by atoms with Crippen molar-refractivity contribution in [2.75, 3.05) is 0 Å². The van der Waals surface area contributed by atoms with Gasteiger partial charge in [-0.05, 0) is 53.9 Å². The molecule has 0 amide bonds. The number of hydrogen-bond donors (Lipinski definition) is 2. The lowest BCUT2D eigenvalue weighted by Crippen LogP contribution is -2.30. The van der Waals surface area contributed by atoms with Gasteiger partial charge in [0, 0.05) is 17.4 Å². The number of aryl methyl sites for hydroxylation is 3. The maximum atomic E-state index is 5.78. The standard InChI is InChI=1S/C15H20Br2N4/c1-4-21-14(15(17)10(3)20-21)8-13(19-18)11-6-5-9(2)12(16)7-11/h5-7,13,19H,4,8,18H2,1-3H3. The Balaban J connectivity index is 2.33. The highest BCUT2D eigenvalue weighted by atomic mass is 79.9. The van der Waals surface area contributed by atoms with Crippen molar-refractivity contribution >= 4 is 31.9 Å². The number of nitrogens with one attached hydrogen (secondary N) is 1. The molecule has 0 radical (unpaired) electrons. The Kier molecular flexibility index (Phi) is 5.60. The van der Waals surface area contributed by atoms with E-state index < -0.39 is 0 Å². The van der Waals surface area contributed by atoms with Gasteiger partial charge in [-0.2, -0.15) is 5.10 Å². The first kappa shape index (κ1) is 16.7. The Morgan fingerprint density at radius 1 is 1.33 bits per heavy atom. The second-order valence-corrected chi connectivity index (χ2v) is 6.74. The molecule has 0 bridgehead atoms. The molecule has 0 fully saturated rings. The summed E-state index contributed by atoms with van der Waals surface area (Å²) in [5.74, 6) is 5.78. The molecule has 21 heavy (non-hydrogen) atoms. The SMILES string of the molecule is CCn1nc(C)c(Br)c1CC(NN)c1ccc(C)c(Br)c1. The second kappa shape index (κ2) is 7.05. The molecule has 2 rings (SSSR count). The fourth-order valence-corrected chi connectivity index (χ4v) is 3.20. The summed E-state index contributed by atoms with van der Waals surface area (Å²) in [4.78, 5) is 0. The number of nitrogens with zero attached hydrogens (tertiary/aromatic N) is 2. The van der Waals surface area contributed by atoms with E-state index in [2.05, 4.69) is 74.4 Å². The second-order valence-electron chi connectivity index (χ2n) is 5.09. The molecule has 6 heteroatoms. The molecule has 2 aromatic rings. The third-order valence-electron chi connectivity index (χ3n) is 3.65. The molecule has 4 nitrogen and oxygen atoms in total. The summed E-state index contributed by atoms with van der Waals surface area (Å²) in [6.45, 7) is 7.02. The number of hydrazine groups is 1. The molecule has 0 saturated carbocycles. The average molecular weight is 416 g/mol. The summed E-state index contributed by atoms with van der Waals surface area (Å²) in [6, 6.07) is 6.37. The number of benzene rings is 1. The van der Waals surface area contributed by atoms with Crippen LogP contribution in [0.3, 0.4) is 0 Å². The van der Waals surface area contributed by atoms with Gasteiger partial charge in [0.2, 0.25) is 0 Å². The van der Waals surface area contributed by atoms with E-state index in [9.17, 15) is 0 Å². The highest BCUT2D eigenvalue weighted by Crippen LogP contribution is 2.28. The summed E-state index contributed by atoms with van der Waals surface area (Å²) < 4.78 is 4.18. The van der Waals surface area contributed by atoms with E-state index in [0.29, 0.717) is 0 Å². The molecule has 1 unspecified atom stereocenters. The van der Waals surface area contributed by atoms with Crippen LogP contribution in [0.2, 0.25) is 0 Å². The molecule has 0 aliphatic carbocycles. The number of aromatic nitrogens is 2. The van der Waals surface area contributed by atoms with Gasteiger partial charge in [0.15, 0.2) is 0 Å². The van der Waals surface area contributed by atoms with E-state index in [-0.39, 0.29) is 6.04 Å². The van der Waals surface area contributed by atoms with E-state index in [0.717, 1.165) is 38.9 Å². The maximum Gasteiger partial charge on any atom is 0.0738 e. The number of rotatable bonds is 5. The number of halogens is 2. The Hall–Kier alpha value is -0.690. The smallest absolute Gasteiger partial charge is 0.0738 e. The number of nitrogens with two attached hydrogens (primary N) is 1. The Morgan fingerprint density at radius 3 is 2.62 bits per heavy atom. The Bertz CT molecular complexity index is 637. The monoisotopic (exact) mass is 414 g/mol. The molecule has 0 saturated heterocycles. The van der Waals surface area contributed by atoms with Crippen LogP contribution in [-0.4, -0.2) is 9.78 Å². The predicted octanol–water partition coefficient (Wildman–Crippen LogP) is 3.79. The van der Waals surface area contributed by atoms with Gasteiger partial charge in [-0.25, -0.2) is 0 Å². The van der Waals surface area contributed by atoms with Crippen molar-refractivity contribution in [3.05, 3.63) is 49.7 Å². The molecular weight excluding hydrogens is 396 g/mol. The van der Waals surface area contributed by atoms with E-state index in [4.69, 9.17) is 5.84 Å². The van der Waals surface area contributed by atoms with Crippen LogP contribution >= 0.6 is 31.9 Å². The summed E-state index contributed by atoms with van der Waals surface area (Å²) >= 11 is 7.22. The molecule has 1 aromatic heterocycles. The Labute approximate surface area is 142 Å². The summed E-state index contributed by atoms with van der Waals surface area (Å²) in [7, 11) is 0. The van der Waals surface area contributed by atoms with Crippen LogP contribution in [0.25, 0.3) is 0 Å². The zero-order valence-electron chi connectivity index (χ0n) is 12.5. The first-order chi connectivity index (χ1) is 9.97. The fraction of sp³-hybridized carbons (Fsp3) is 0.400. The Morgan fingerprint density at radius 2 is 2.05 bits per heavy atom. The zero-order valence-corrected chi connectivity index (χ0v) is 15.6. The van der Waals surface area contributed by atoms with Crippen LogP contribution in [0.5, 0.6) is 0 Å². The summed E-state index contributed by atoms with van der Waals surface area (Å²) in [6.07, 6.45) is 0.779. The van der Waals surface area contributed by atoms with Gasteiger partial charge >= 0.3 is 0 Å². The van der Waals surface area contributed by atoms with Crippen molar-refractivity contribution in [1.29, 1.82) is 0 Å². The lowest BCUT2D eigenvalue weighted by Gasteiger charge is -2.18. The van der Waals surface area contributed by atoms with Crippen LogP contribution in [0.15, 0.2) is 27.1 Å². The third-order valence-corrected chi connectivity index (χ3v) is 5.54. The van der Waals surface area contributed by atoms with Crippen molar-refractivity contribution in [3.63, 3.8) is 0 Å². The van der Waals surface area contributed by atoms with Gasteiger partial charge in [-0.3, -0.25) is 16.0 Å². The molecule has 3 N–H and O–H groups in total. The predicted molar refractivity (Wildman–Crippen MR) is 93.0 cm³/mol. The largest absolute Gasteiger partial charge is 0.271 e. The first-order valence-corrected chi connectivity index (χ1v) is 8.50. The van der Waals surface area contributed by atoms with Crippen molar-refractivity contribution in [1.82, 2.24) is 15.2 Å². The highest BCUT2D eigenvalue weighted by Gasteiger charge is 2.18. The minimum absolute atomic E-state index is 0.0413. The summed E-state index contributed by atoms with van der Waals surface area (Å²) in [5, 5.41) is 4.53. The van der Waals surface area contributed by atoms with E-state index in [1.54, 1.807) is 0 Å². The third kappa shape index (κ3) is 3.56. The van der Waals surface area contributed by atoms with Crippen LogP contribution in [0.1, 0.15) is 35.5 Å². The molecule has 0 spiro atoms. The van der Waals surface area contributed by atoms with Crippen LogP contribution in [0, 0.1) is 13.8 Å². The van der Waals surface area contributed by atoms with Crippen molar-refractivity contribution < 1.29 is 0 Å². The van der Waals surface area contributed by atoms with Crippen molar-refractivity contribution in [3.8, 4) is 0 Å². The van der Waals surface area contributed by atoms with Gasteiger partial charge in [-0.1, -0.05) is 28.1 Å². The maximum absolute atomic E-state index is 5.78. The number of hydrogen-bond acceptors (Lipinski definition) is 3. The molecule has 114 valence electrons. The molecule has 1 heterocycles. The molecule has 0 aliphatic rings. The minimum Gasteiger partial charge on any atom is -0.271 e. The molecule has 1 aromatic carbocycles. The van der Waals surface area contributed by atoms with Crippen LogP contribution < -0.4 is 11.3 Å². The van der Waals surface area contributed by atoms with E-state index in [1.165, 1.54) is 5.56 Å². The van der Waals surface area contributed by atoms with Crippen molar-refractivity contribution in [2.24, 2.45) is 5.84 Å². The van der Waals surface area contributed by atoms with Gasteiger partial charge in [0.05, 0.1) is 21.9 Å². The van der Waals surface area contributed by atoms with Gasteiger partial charge in [0.1, 0.15) is 0 Å². The van der Waals surface area contributed by atoms with Crippen molar-refractivity contribution in [2.45, 2.75) is 39.8 Å². The normalized spacial score (nSPS) is 12.7. The van der Waals surface area contributed by atoms with Gasteiger partial charge < -0.3 is 0 Å². The van der Waals surface area contributed by atoms with Gasteiger partial charge in [0.25, 0.3) is 0 Å². The topological polar surface area (TPSA) is 55.9 Å². The summed E-state index contributed by atoms with van der Waals surface area (Å²) in [5.41, 5.74) is 7.46. The quantitative estimate of drug-likeness (QED) is 0.576. The lowest BCUT2D eigenvalue weighted by atomic mass is 10.0. The highest BCUT2D eigenvalue weighted by molar-refractivity contribution is 9.10. The minimum atomic E-state index is 0.0413. The van der Waals surface area contributed by atoms with Crippen LogP contribution in [0.4, 0.5) is 0 Å². The molecular formula is C15H20Br2N4. The molecule has 0 aliphatic heterocycles. The van der Waals surface area contributed by atoms with E-state index >= 15 is 0 Å². The van der Waals surface area contributed by atoms with E-state index in [1.807, 2.05) is 11.6 Å². The lowest BCUT2D eigenvalue weighted by molar-refractivity contribution is 0.516. The fourth-order valence-electron chi connectivity index (χ4n) is 2.36.